The summed E-state index contributed by atoms with van der Waals surface area (Å²) in [6.07, 6.45) is -3.00. The van der Waals surface area contributed by atoms with Gasteiger partial charge in [-0.25, -0.2) is 0 Å². The van der Waals surface area contributed by atoms with Gasteiger partial charge in [-0.1, -0.05) is 0 Å². The van der Waals surface area contributed by atoms with E-state index in [0.717, 1.165) is 0 Å². The highest BCUT2D eigenvalue weighted by Crippen LogP contribution is 2.33. The molecule has 1 amide bonds. The number of primary amides is 1. The molecule has 2 atom stereocenters. The molecule has 1 aliphatic rings. The highest BCUT2D eigenvalue weighted by molar-refractivity contribution is 5.84. The molecule has 124 valence electrons. The molecule has 3 N–H and O–H groups in total. The zero-order valence-corrected chi connectivity index (χ0v) is 13.0. The second-order valence-corrected chi connectivity index (χ2v) is 6.43. The minimum absolute atomic E-state index is 0.0139. The fourth-order valence-electron chi connectivity index (χ4n) is 2.81. The summed E-state index contributed by atoms with van der Waals surface area (Å²) in [6, 6.07) is 0.0757. The average molecular weight is 309 g/mol. The van der Waals surface area contributed by atoms with Crippen LogP contribution in [0.3, 0.4) is 0 Å². The number of hydrogen-bond donors (Lipinski definition) is 2. The summed E-state index contributed by atoms with van der Waals surface area (Å²) >= 11 is 0. The van der Waals surface area contributed by atoms with Crippen molar-refractivity contribution in [3.05, 3.63) is 0 Å². The molecule has 0 aromatic rings. The van der Waals surface area contributed by atoms with Crippen molar-refractivity contribution in [2.75, 3.05) is 19.6 Å². The lowest BCUT2D eigenvalue weighted by Crippen LogP contribution is -2.57. The van der Waals surface area contributed by atoms with Crippen LogP contribution >= 0.6 is 0 Å². The number of piperidine rings is 1. The zero-order chi connectivity index (χ0) is 16.3. The first-order valence-corrected chi connectivity index (χ1v) is 7.41. The topological polar surface area (TPSA) is 58.4 Å². The van der Waals surface area contributed by atoms with E-state index in [2.05, 4.69) is 5.32 Å². The van der Waals surface area contributed by atoms with Gasteiger partial charge in [-0.2, -0.15) is 13.2 Å². The summed E-state index contributed by atoms with van der Waals surface area (Å²) in [6.45, 7) is 6.61. The van der Waals surface area contributed by atoms with E-state index >= 15 is 0 Å². The predicted octanol–water partition coefficient (Wildman–Crippen LogP) is 1.89. The summed E-state index contributed by atoms with van der Waals surface area (Å²) in [5.74, 6) is -1.73. The molecule has 1 aliphatic heterocycles. The van der Waals surface area contributed by atoms with Gasteiger partial charge in [0.1, 0.15) is 0 Å². The quantitative estimate of drug-likeness (QED) is 0.788. The normalized spacial score (nSPS) is 24.0. The second kappa shape index (κ2) is 6.96. The molecule has 1 rings (SSSR count). The lowest BCUT2D eigenvalue weighted by atomic mass is 9.93. The Labute approximate surface area is 124 Å². The van der Waals surface area contributed by atoms with Crippen LogP contribution in [-0.2, 0) is 4.79 Å². The third-order valence-electron chi connectivity index (χ3n) is 4.05. The van der Waals surface area contributed by atoms with Gasteiger partial charge in [0.05, 0.1) is 11.5 Å². The fourth-order valence-corrected chi connectivity index (χ4v) is 2.81. The smallest absolute Gasteiger partial charge is 0.368 e. The Hall–Kier alpha value is -0.820. The molecule has 0 aromatic heterocycles. The van der Waals surface area contributed by atoms with Gasteiger partial charge in [0.25, 0.3) is 0 Å². The number of carbonyl (C=O) groups is 1. The van der Waals surface area contributed by atoms with E-state index < -0.39 is 23.5 Å². The number of alkyl halides is 3. The first-order chi connectivity index (χ1) is 9.54. The third kappa shape index (κ3) is 5.47. The van der Waals surface area contributed by atoms with Crippen molar-refractivity contribution in [1.82, 2.24) is 10.2 Å². The minimum atomic E-state index is -4.14. The van der Waals surface area contributed by atoms with Crippen LogP contribution in [0.4, 0.5) is 13.2 Å². The van der Waals surface area contributed by atoms with Crippen LogP contribution in [0.15, 0.2) is 0 Å². The number of likely N-dealkylation sites (tertiary alicyclic amines) is 1. The summed E-state index contributed by atoms with van der Waals surface area (Å²) in [5.41, 5.74) is 4.54. The minimum Gasteiger partial charge on any atom is -0.368 e. The standard InChI is InChI=1S/C14H26F3N3O/c1-10(2)19-13(3,12(18)21)6-8-20-7-4-5-11(9-20)14(15,16)17/h10-11,19H,4-9H2,1-3H3,(H2,18,21). The van der Waals surface area contributed by atoms with Crippen molar-refractivity contribution in [1.29, 1.82) is 0 Å². The van der Waals surface area contributed by atoms with Crippen LogP contribution in [0.2, 0.25) is 0 Å². The maximum atomic E-state index is 12.8. The Morgan fingerprint density at radius 1 is 1.43 bits per heavy atom. The zero-order valence-electron chi connectivity index (χ0n) is 13.0. The Morgan fingerprint density at radius 3 is 2.52 bits per heavy atom. The molecule has 1 saturated heterocycles. The summed E-state index contributed by atoms with van der Waals surface area (Å²) in [7, 11) is 0. The Balaban J connectivity index is 2.58. The number of hydrogen-bond acceptors (Lipinski definition) is 3. The highest BCUT2D eigenvalue weighted by Gasteiger charge is 2.42. The van der Waals surface area contributed by atoms with Crippen molar-refractivity contribution in [3.8, 4) is 0 Å². The second-order valence-electron chi connectivity index (χ2n) is 6.43. The van der Waals surface area contributed by atoms with E-state index in [1.54, 1.807) is 11.8 Å². The maximum Gasteiger partial charge on any atom is 0.393 e. The van der Waals surface area contributed by atoms with E-state index in [0.29, 0.717) is 25.9 Å². The number of nitrogens with zero attached hydrogens (tertiary/aromatic N) is 1. The Morgan fingerprint density at radius 2 is 2.05 bits per heavy atom. The van der Waals surface area contributed by atoms with Crippen LogP contribution in [-0.4, -0.2) is 48.2 Å². The molecule has 0 aromatic carbocycles. The van der Waals surface area contributed by atoms with Gasteiger partial charge in [0.15, 0.2) is 0 Å². The summed E-state index contributed by atoms with van der Waals surface area (Å²) in [4.78, 5) is 13.4. The van der Waals surface area contributed by atoms with Gasteiger partial charge < -0.3 is 16.0 Å². The van der Waals surface area contributed by atoms with Gasteiger partial charge in [-0.05, 0) is 46.6 Å². The van der Waals surface area contributed by atoms with E-state index in [4.69, 9.17) is 5.73 Å². The lowest BCUT2D eigenvalue weighted by molar-refractivity contribution is -0.186. The van der Waals surface area contributed by atoms with Gasteiger partial charge in [0.2, 0.25) is 5.91 Å². The molecule has 21 heavy (non-hydrogen) atoms. The van der Waals surface area contributed by atoms with E-state index in [1.807, 2.05) is 13.8 Å². The van der Waals surface area contributed by atoms with Crippen LogP contribution < -0.4 is 11.1 Å². The van der Waals surface area contributed by atoms with Crippen molar-refractivity contribution < 1.29 is 18.0 Å². The van der Waals surface area contributed by atoms with Gasteiger partial charge in [-0.15, -0.1) is 0 Å². The van der Waals surface area contributed by atoms with Gasteiger partial charge in [0, 0.05) is 19.1 Å². The molecule has 0 aliphatic carbocycles. The average Bonchev–Trinajstić information content (AvgIpc) is 2.35. The van der Waals surface area contributed by atoms with Crippen molar-refractivity contribution >= 4 is 5.91 Å². The Bertz CT molecular complexity index is 360. The number of rotatable bonds is 6. The lowest BCUT2D eigenvalue weighted by Gasteiger charge is -2.36. The predicted molar refractivity (Wildman–Crippen MR) is 75.7 cm³/mol. The monoisotopic (exact) mass is 309 g/mol. The first kappa shape index (κ1) is 18.2. The number of halogens is 3. The van der Waals surface area contributed by atoms with E-state index in [1.165, 1.54) is 0 Å². The van der Waals surface area contributed by atoms with Crippen LogP contribution in [0.25, 0.3) is 0 Å². The van der Waals surface area contributed by atoms with Crippen LogP contribution in [0, 0.1) is 5.92 Å². The molecule has 0 radical (unpaired) electrons. The molecular weight excluding hydrogens is 283 g/mol. The molecule has 1 fully saturated rings. The first-order valence-electron chi connectivity index (χ1n) is 7.41. The summed E-state index contributed by atoms with van der Waals surface area (Å²) in [5, 5.41) is 3.11. The van der Waals surface area contributed by atoms with Crippen molar-refractivity contribution in [2.24, 2.45) is 11.7 Å². The fraction of sp³-hybridized carbons (Fsp3) is 0.929. The number of nitrogens with two attached hydrogens (primary N) is 1. The van der Waals surface area contributed by atoms with Crippen molar-refractivity contribution in [2.45, 2.75) is 57.8 Å². The molecule has 7 heteroatoms. The largest absolute Gasteiger partial charge is 0.393 e. The molecule has 2 unspecified atom stereocenters. The maximum absolute atomic E-state index is 12.8. The molecule has 1 heterocycles. The Kier molecular flexibility index (Phi) is 6.04. The number of amides is 1. The van der Waals surface area contributed by atoms with E-state index in [-0.39, 0.29) is 19.0 Å². The molecule has 0 bridgehead atoms. The van der Waals surface area contributed by atoms with Gasteiger partial charge in [-0.3, -0.25) is 4.79 Å². The molecule has 0 spiro atoms. The van der Waals surface area contributed by atoms with Crippen LogP contribution in [0.1, 0.15) is 40.0 Å². The third-order valence-corrected chi connectivity index (χ3v) is 4.05. The number of carbonyl (C=O) groups excluding carboxylic acids is 1. The highest BCUT2D eigenvalue weighted by atomic mass is 19.4. The molecule has 4 nitrogen and oxygen atoms in total. The summed E-state index contributed by atoms with van der Waals surface area (Å²) < 4.78 is 38.3. The van der Waals surface area contributed by atoms with Crippen LogP contribution in [0.5, 0.6) is 0 Å². The SMILES string of the molecule is CC(C)NC(C)(CCN1CCCC(C(F)(F)F)C1)C(N)=O. The van der Waals surface area contributed by atoms with Crippen molar-refractivity contribution in [3.63, 3.8) is 0 Å². The van der Waals surface area contributed by atoms with E-state index in [9.17, 15) is 18.0 Å². The number of nitrogens with one attached hydrogen (secondary N) is 1. The molecular formula is C14H26F3N3O. The van der Waals surface area contributed by atoms with Gasteiger partial charge >= 0.3 is 6.18 Å². The molecule has 0 saturated carbocycles.